The molecule has 0 aromatic heterocycles. The molecule has 35 heavy (non-hydrogen) atoms. The molecule has 4 N–H and O–H groups in total. The predicted molar refractivity (Wildman–Crippen MR) is 127 cm³/mol. The minimum Gasteiger partial charge on any atom is -0.494 e. The van der Waals surface area contributed by atoms with Gasteiger partial charge in [0, 0.05) is 22.8 Å². The molecule has 0 bridgehead atoms. The normalized spacial score (nSPS) is 23.1. The van der Waals surface area contributed by atoms with Gasteiger partial charge in [-0.15, -0.1) is 0 Å². The maximum absolute atomic E-state index is 15.7. The van der Waals surface area contributed by atoms with Crippen LogP contribution in [-0.2, 0) is 5.60 Å². The van der Waals surface area contributed by atoms with Gasteiger partial charge in [-0.3, -0.25) is 4.79 Å². The number of aliphatic hydroxyl groups excluding tert-OH is 1. The van der Waals surface area contributed by atoms with Gasteiger partial charge in [0.2, 0.25) is 5.91 Å². The van der Waals surface area contributed by atoms with Gasteiger partial charge in [-0.2, -0.15) is 0 Å². The first kappa shape index (κ1) is 23.5. The Kier molecular flexibility index (Phi) is 5.91. The summed E-state index contributed by atoms with van der Waals surface area (Å²) in [6.45, 7) is 0.712. The van der Waals surface area contributed by atoms with E-state index in [1.54, 1.807) is 0 Å². The quantitative estimate of drug-likeness (QED) is 0.481. The third-order valence-corrected chi connectivity index (χ3v) is 7.19. The molecule has 6 nitrogen and oxygen atoms in total. The SMILES string of the molecule is COc1ccc(C(N)=O)c(-c2c(Cl)c(F)cc3c2[C@H](O)[C@](c2ccccc2)([C@@H]2CCCN2)O3)c1F. The minimum absolute atomic E-state index is 0.00425. The maximum atomic E-state index is 15.7. The van der Waals surface area contributed by atoms with Gasteiger partial charge >= 0.3 is 0 Å². The zero-order valence-electron chi connectivity index (χ0n) is 18.8. The average Bonchev–Trinajstić information content (AvgIpc) is 3.48. The summed E-state index contributed by atoms with van der Waals surface area (Å²) in [6.07, 6.45) is 0.158. The van der Waals surface area contributed by atoms with Crippen molar-refractivity contribution in [1.29, 1.82) is 0 Å². The van der Waals surface area contributed by atoms with E-state index in [9.17, 15) is 9.90 Å². The zero-order chi connectivity index (χ0) is 24.9. The highest BCUT2D eigenvalue weighted by Crippen LogP contribution is 2.57. The van der Waals surface area contributed by atoms with E-state index in [-0.39, 0.29) is 39.8 Å². The highest BCUT2D eigenvalue weighted by molar-refractivity contribution is 6.34. The van der Waals surface area contributed by atoms with Crippen LogP contribution in [0.5, 0.6) is 11.5 Å². The second-order valence-electron chi connectivity index (χ2n) is 8.64. The lowest BCUT2D eigenvalue weighted by molar-refractivity contribution is -0.0566. The van der Waals surface area contributed by atoms with E-state index in [0.717, 1.165) is 12.5 Å². The Labute approximate surface area is 205 Å². The van der Waals surface area contributed by atoms with E-state index in [1.165, 1.54) is 19.2 Å². The van der Waals surface area contributed by atoms with Gasteiger partial charge in [-0.05, 0) is 37.1 Å². The van der Waals surface area contributed by atoms with E-state index in [0.29, 0.717) is 18.5 Å². The molecule has 1 amide bonds. The van der Waals surface area contributed by atoms with Crippen LogP contribution in [0.2, 0.25) is 5.02 Å². The van der Waals surface area contributed by atoms with Crippen molar-refractivity contribution in [2.45, 2.75) is 30.6 Å². The first-order chi connectivity index (χ1) is 16.8. The largest absolute Gasteiger partial charge is 0.494 e. The summed E-state index contributed by atoms with van der Waals surface area (Å²) in [7, 11) is 1.26. The van der Waals surface area contributed by atoms with Crippen molar-refractivity contribution in [2.24, 2.45) is 5.73 Å². The summed E-state index contributed by atoms with van der Waals surface area (Å²) >= 11 is 6.40. The molecule has 0 unspecified atom stereocenters. The molecule has 3 atom stereocenters. The Balaban J connectivity index is 1.82. The fourth-order valence-corrected chi connectivity index (χ4v) is 5.51. The minimum atomic E-state index is -1.38. The molecule has 0 saturated carbocycles. The van der Waals surface area contributed by atoms with Crippen LogP contribution in [0.4, 0.5) is 8.78 Å². The summed E-state index contributed by atoms with van der Waals surface area (Å²) in [5, 5.41) is 14.8. The summed E-state index contributed by atoms with van der Waals surface area (Å²) < 4.78 is 42.3. The van der Waals surface area contributed by atoms with E-state index in [1.807, 2.05) is 30.3 Å². The Morgan fingerprint density at radius 2 is 1.97 bits per heavy atom. The van der Waals surface area contributed by atoms with Crippen LogP contribution in [-0.4, -0.2) is 30.7 Å². The van der Waals surface area contributed by atoms with Crippen LogP contribution < -0.4 is 20.5 Å². The van der Waals surface area contributed by atoms with Gasteiger partial charge < -0.3 is 25.6 Å². The highest BCUT2D eigenvalue weighted by atomic mass is 35.5. The van der Waals surface area contributed by atoms with Gasteiger partial charge in [0.25, 0.3) is 0 Å². The molecule has 5 rings (SSSR count). The number of nitrogens with two attached hydrogens (primary N) is 1. The number of methoxy groups -OCH3 is 1. The number of hydrogen-bond acceptors (Lipinski definition) is 5. The smallest absolute Gasteiger partial charge is 0.249 e. The molecular formula is C26H23ClF2N2O4. The summed E-state index contributed by atoms with van der Waals surface area (Å²) in [4.78, 5) is 12.3. The number of benzene rings is 3. The number of halogens is 3. The lowest BCUT2D eigenvalue weighted by atomic mass is 9.78. The first-order valence-electron chi connectivity index (χ1n) is 11.2. The Morgan fingerprint density at radius 3 is 2.60 bits per heavy atom. The van der Waals surface area contributed by atoms with Gasteiger partial charge in [-0.1, -0.05) is 41.9 Å². The van der Waals surface area contributed by atoms with E-state index in [2.05, 4.69) is 5.32 Å². The zero-order valence-corrected chi connectivity index (χ0v) is 19.5. The van der Waals surface area contributed by atoms with Gasteiger partial charge in [-0.25, -0.2) is 8.78 Å². The first-order valence-corrected chi connectivity index (χ1v) is 11.5. The molecule has 2 aliphatic heterocycles. The summed E-state index contributed by atoms with van der Waals surface area (Å²) in [5.41, 5.74) is 4.14. The molecule has 2 aliphatic rings. The number of carbonyl (C=O) groups excluding carboxylic acids is 1. The van der Waals surface area contributed by atoms with Crippen LogP contribution in [0, 0.1) is 11.6 Å². The predicted octanol–water partition coefficient (Wildman–Crippen LogP) is 4.47. The lowest BCUT2D eigenvalue weighted by Gasteiger charge is -2.38. The molecule has 1 saturated heterocycles. The van der Waals surface area contributed by atoms with Crippen molar-refractivity contribution >= 4 is 17.5 Å². The third kappa shape index (κ3) is 3.47. The number of fused-ring (bicyclic) bond motifs is 1. The van der Waals surface area contributed by atoms with E-state index < -0.39 is 34.3 Å². The third-order valence-electron chi connectivity index (χ3n) is 6.83. The number of hydrogen-bond donors (Lipinski definition) is 3. The fraction of sp³-hybridized carbons (Fsp3) is 0.269. The molecule has 1 fully saturated rings. The van der Waals surface area contributed by atoms with Crippen LogP contribution in [0.25, 0.3) is 11.1 Å². The standard InChI is InChI=1S/C26H23ClF2N2O4/c1-34-16-10-9-14(25(30)33)19(23(16)29)21-20-17(12-15(28)22(21)27)35-26(24(20)32,18-8-5-11-31-18)13-6-3-2-4-7-13/h2-4,6-7,9-10,12,18,24,31-32H,5,8,11H2,1H3,(H2,30,33)/t18-,24-,26-/m0/s1. The topological polar surface area (TPSA) is 93.8 Å². The van der Waals surface area contributed by atoms with Crippen molar-refractivity contribution in [2.75, 3.05) is 13.7 Å². The Hall–Kier alpha value is -3.20. The highest BCUT2D eigenvalue weighted by Gasteiger charge is 2.56. The number of nitrogens with one attached hydrogen (secondary N) is 1. The maximum Gasteiger partial charge on any atom is 0.249 e. The van der Waals surface area contributed by atoms with Crippen molar-refractivity contribution in [3.05, 3.63) is 81.9 Å². The van der Waals surface area contributed by atoms with Crippen molar-refractivity contribution in [3.63, 3.8) is 0 Å². The number of carbonyl (C=O) groups is 1. The molecule has 3 aromatic carbocycles. The second-order valence-corrected chi connectivity index (χ2v) is 9.02. The summed E-state index contributed by atoms with van der Waals surface area (Å²) in [5.74, 6) is -2.99. The number of ether oxygens (including phenoxy) is 2. The van der Waals surface area contributed by atoms with Crippen molar-refractivity contribution < 1.29 is 28.2 Å². The lowest BCUT2D eigenvalue weighted by Crippen LogP contribution is -2.51. The van der Waals surface area contributed by atoms with Gasteiger partial charge in [0.05, 0.1) is 23.7 Å². The molecule has 0 spiro atoms. The number of amides is 1. The summed E-state index contributed by atoms with van der Waals surface area (Å²) in [6, 6.07) is 12.4. The number of rotatable bonds is 5. The number of aliphatic hydroxyl groups is 1. The van der Waals surface area contributed by atoms with Crippen LogP contribution >= 0.6 is 11.6 Å². The molecule has 9 heteroatoms. The monoisotopic (exact) mass is 500 g/mol. The van der Waals surface area contributed by atoms with E-state index in [4.69, 9.17) is 26.8 Å². The molecule has 0 aliphatic carbocycles. The second kappa shape index (κ2) is 8.78. The molecule has 0 radical (unpaired) electrons. The number of primary amides is 1. The van der Waals surface area contributed by atoms with Crippen LogP contribution in [0.1, 0.15) is 40.4 Å². The van der Waals surface area contributed by atoms with Crippen LogP contribution in [0.3, 0.4) is 0 Å². The fourth-order valence-electron chi connectivity index (χ4n) is 5.26. The molecule has 182 valence electrons. The van der Waals surface area contributed by atoms with E-state index >= 15 is 8.78 Å². The van der Waals surface area contributed by atoms with Crippen molar-refractivity contribution in [1.82, 2.24) is 5.32 Å². The van der Waals surface area contributed by atoms with Gasteiger partial charge in [0.1, 0.15) is 17.7 Å². The molecular weight excluding hydrogens is 478 g/mol. The Bertz CT molecular complexity index is 1310. The molecule has 2 heterocycles. The molecule has 3 aromatic rings. The van der Waals surface area contributed by atoms with Crippen LogP contribution in [0.15, 0.2) is 48.5 Å². The Morgan fingerprint density at radius 1 is 1.23 bits per heavy atom. The average molecular weight is 501 g/mol. The van der Waals surface area contributed by atoms with Gasteiger partial charge in [0.15, 0.2) is 17.2 Å². The van der Waals surface area contributed by atoms with Crippen molar-refractivity contribution in [3.8, 4) is 22.6 Å².